The summed E-state index contributed by atoms with van der Waals surface area (Å²) in [6.07, 6.45) is 0.535. The minimum atomic E-state index is -0.398. The number of nitrogens with one attached hydrogen (secondary N) is 1. The molecular weight excluding hydrogens is 471 g/mol. The lowest BCUT2D eigenvalue weighted by Crippen LogP contribution is -2.34. The Labute approximate surface area is 205 Å². The number of aromatic nitrogens is 3. The van der Waals surface area contributed by atoms with Crippen LogP contribution in [-0.4, -0.2) is 41.4 Å². The monoisotopic (exact) mass is 494 g/mol. The largest absolute Gasteiger partial charge is 0.493 e. The van der Waals surface area contributed by atoms with Gasteiger partial charge in [0.1, 0.15) is 17.4 Å². The predicted molar refractivity (Wildman–Crippen MR) is 131 cm³/mol. The first-order valence-electron chi connectivity index (χ1n) is 10.7. The van der Waals surface area contributed by atoms with Crippen LogP contribution >= 0.6 is 11.3 Å². The van der Waals surface area contributed by atoms with Crippen LogP contribution in [0.1, 0.15) is 5.69 Å². The second-order valence-electron chi connectivity index (χ2n) is 7.54. The minimum Gasteiger partial charge on any atom is -0.493 e. The van der Waals surface area contributed by atoms with Crippen LogP contribution in [0.4, 0.5) is 4.39 Å². The molecule has 0 aliphatic rings. The fourth-order valence-corrected chi connectivity index (χ4v) is 4.23. The van der Waals surface area contributed by atoms with Gasteiger partial charge in [-0.1, -0.05) is 0 Å². The molecule has 0 unspecified atom stereocenters. The fourth-order valence-electron chi connectivity index (χ4n) is 3.38. The SMILES string of the molecule is COc1ccc(-c2nc(CCNC(=O)Cn3nc(-c4ccc(F)cc4)ccc3=O)cs2)cc1OC. The van der Waals surface area contributed by atoms with Crippen molar-refractivity contribution >= 4 is 17.2 Å². The van der Waals surface area contributed by atoms with Crippen LogP contribution in [0.25, 0.3) is 21.8 Å². The molecule has 0 atom stereocenters. The summed E-state index contributed by atoms with van der Waals surface area (Å²) in [4.78, 5) is 29.2. The molecule has 0 aliphatic carbocycles. The quantitative estimate of drug-likeness (QED) is 0.382. The van der Waals surface area contributed by atoms with Crippen molar-refractivity contribution in [1.82, 2.24) is 20.1 Å². The number of methoxy groups -OCH3 is 2. The van der Waals surface area contributed by atoms with Crippen LogP contribution in [0.2, 0.25) is 0 Å². The second kappa shape index (κ2) is 10.9. The number of benzene rings is 2. The molecule has 10 heteroatoms. The number of amides is 1. The van der Waals surface area contributed by atoms with Gasteiger partial charge in [0.15, 0.2) is 11.5 Å². The number of rotatable bonds is 9. The highest BCUT2D eigenvalue weighted by atomic mass is 32.1. The summed E-state index contributed by atoms with van der Waals surface area (Å²) >= 11 is 1.50. The molecule has 0 saturated heterocycles. The van der Waals surface area contributed by atoms with Gasteiger partial charge in [-0.3, -0.25) is 9.59 Å². The highest BCUT2D eigenvalue weighted by Gasteiger charge is 2.11. The maximum Gasteiger partial charge on any atom is 0.267 e. The molecule has 35 heavy (non-hydrogen) atoms. The van der Waals surface area contributed by atoms with Crippen LogP contribution in [0.5, 0.6) is 11.5 Å². The van der Waals surface area contributed by atoms with Crippen molar-refractivity contribution < 1.29 is 18.7 Å². The number of nitrogens with zero attached hydrogens (tertiary/aromatic N) is 3. The van der Waals surface area contributed by atoms with E-state index >= 15 is 0 Å². The summed E-state index contributed by atoms with van der Waals surface area (Å²) in [6.45, 7) is 0.141. The molecule has 1 amide bonds. The van der Waals surface area contributed by atoms with E-state index in [2.05, 4.69) is 15.4 Å². The zero-order chi connectivity index (χ0) is 24.8. The van der Waals surface area contributed by atoms with Crippen molar-refractivity contribution in [2.75, 3.05) is 20.8 Å². The first-order valence-corrected chi connectivity index (χ1v) is 11.6. The third-order valence-electron chi connectivity index (χ3n) is 5.19. The van der Waals surface area contributed by atoms with E-state index in [1.54, 1.807) is 32.4 Å². The van der Waals surface area contributed by atoms with E-state index in [1.165, 1.54) is 29.5 Å². The van der Waals surface area contributed by atoms with Gasteiger partial charge in [0.05, 0.1) is 25.6 Å². The molecule has 0 fully saturated rings. The molecule has 2 aromatic heterocycles. The third-order valence-corrected chi connectivity index (χ3v) is 6.13. The lowest BCUT2D eigenvalue weighted by molar-refractivity contribution is -0.121. The van der Waals surface area contributed by atoms with E-state index in [1.807, 2.05) is 23.6 Å². The number of ether oxygens (including phenoxy) is 2. The maximum absolute atomic E-state index is 13.2. The number of hydrogen-bond acceptors (Lipinski definition) is 7. The Morgan fingerprint density at radius 3 is 2.51 bits per heavy atom. The van der Waals surface area contributed by atoms with Crippen LogP contribution in [0.3, 0.4) is 0 Å². The average molecular weight is 495 g/mol. The first-order chi connectivity index (χ1) is 17.0. The maximum atomic E-state index is 13.2. The topological polar surface area (TPSA) is 95.3 Å². The molecule has 0 spiro atoms. The third kappa shape index (κ3) is 5.90. The van der Waals surface area contributed by atoms with E-state index in [0.29, 0.717) is 35.7 Å². The van der Waals surface area contributed by atoms with E-state index < -0.39 is 5.56 Å². The average Bonchev–Trinajstić information content (AvgIpc) is 3.34. The summed E-state index contributed by atoms with van der Waals surface area (Å²) in [5.41, 5.74) is 2.48. The molecule has 0 bridgehead atoms. The molecule has 4 aromatic rings. The zero-order valence-electron chi connectivity index (χ0n) is 19.2. The van der Waals surface area contributed by atoms with E-state index in [9.17, 15) is 14.0 Å². The molecule has 8 nitrogen and oxygen atoms in total. The summed E-state index contributed by atoms with van der Waals surface area (Å²) in [6, 6.07) is 14.3. The summed E-state index contributed by atoms with van der Waals surface area (Å²) in [5, 5.41) is 9.80. The van der Waals surface area contributed by atoms with Gasteiger partial charge in [-0.25, -0.2) is 14.1 Å². The van der Waals surface area contributed by atoms with Crippen molar-refractivity contribution in [3.63, 3.8) is 0 Å². The van der Waals surface area contributed by atoms with Gasteiger partial charge in [-0.2, -0.15) is 5.10 Å². The Kier molecular flexibility index (Phi) is 7.51. The molecule has 0 radical (unpaired) electrons. The lowest BCUT2D eigenvalue weighted by Gasteiger charge is -2.08. The molecule has 180 valence electrons. The lowest BCUT2D eigenvalue weighted by atomic mass is 10.1. The Bertz CT molecular complexity index is 1380. The normalized spacial score (nSPS) is 10.7. The molecule has 0 saturated carbocycles. The Hall–Kier alpha value is -4.05. The number of carbonyl (C=O) groups is 1. The van der Waals surface area contributed by atoms with Gasteiger partial charge in [0.25, 0.3) is 5.56 Å². The molecule has 1 N–H and O–H groups in total. The zero-order valence-corrected chi connectivity index (χ0v) is 20.0. The highest BCUT2D eigenvalue weighted by Crippen LogP contribution is 2.33. The van der Waals surface area contributed by atoms with Gasteiger partial charge in [0, 0.05) is 35.5 Å². The number of carbonyl (C=O) groups excluding carboxylic acids is 1. The molecular formula is C25H23FN4O4S. The van der Waals surface area contributed by atoms with Gasteiger partial charge in [-0.05, 0) is 48.5 Å². The molecule has 4 rings (SSSR count). The van der Waals surface area contributed by atoms with Gasteiger partial charge < -0.3 is 14.8 Å². The second-order valence-corrected chi connectivity index (χ2v) is 8.39. The molecule has 0 aliphatic heterocycles. The van der Waals surface area contributed by atoms with Crippen LogP contribution in [0, 0.1) is 5.82 Å². The smallest absolute Gasteiger partial charge is 0.267 e. The van der Waals surface area contributed by atoms with E-state index in [-0.39, 0.29) is 18.3 Å². The molecule has 2 aromatic carbocycles. The Balaban J connectivity index is 1.34. The Morgan fingerprint density at radius 1 is 1.03 bits per heavy atom. The highest BCUT2D eigenvalue weighted by molar-refractivity contribution is 7.13. The van der Waals surface area contributed by atoms with Crippen molar-refractivity contribution in [3.8, 4) is 33.3 Å². The number of halogens is 1. The van der Waals surface area contributed by atoms with Crippen molar-refractivity contribution in [2.45, 2.75) is 13.0 Å². The van der Waals surface area contributed by atoms with E-state index in [4.69, 9.17) is 9.47 Å². The van der Waals surface area contributed by atoms with Gasteiger partial charge >= 0.3 is 0 Å². The fraction of sp³-hybridized carbons (Fsp3) is 0.200. The Morgan fingerprint density at radius 2 is 1.77 bits per heavy atom. The predicted octanol–water partition coefficient (Wildman–Crippen LogP) is 3.55. The van der Waals surface area contributed by atoms with Gasteiger partial charge in [-0.15, -0.1) is 11.3 Å². The van der Waals surface area contributed by atoms with Gasteiger partial charge in [0.2, 0.25) is 5.91 Å². The summed E-state index contributed by atoms with van der Waals surface area (Å²) in [7, 11) is 3.17. The summed E-state index contributed by atoms with van der Waals surface area (Å²) < 4.78 is 24.9. The number of thiazole rings is 1. The summed E-state index contributed by atoms with van der Waals surface area (Å²) in [5.74, 6) is 0.567. The number of hydrogen-bond donors (Lipinski definition) is 1. The van der Waals surface area contributed by atoms with E-state index in [0.717, 1.165) is 20.9 Å². The van der Waals surface area contributed by atoms with Crippen molar-refractivity contribution in [3.05, 3.63) is 81.8 Å². The molecule has 2 heterocycles. The minimum absolute atomic E-state index is 0.220. The van der Waals surface area contributed by atoms with Crippen molar-refractivity contribution in [1.29, 1.82) is 0 Å². The van der Waals surface area contributed by atoms with Crippen LogP contribution in [0.15, 0.2) is 64.8 Å². The van der Waals surface area contributed by atoms with Crippen LogP contribution in [-0.2, 0) is 17.8 Å². The first kappa shape index (κ1) is 24.1. The van der Waals surface area contributed by atoms with Crippen LogP contribution < -0.4 is 20.3 Å². The standard InChI is InChI=1S/C25H23FN4O4S/c1-33-21-9-5-17(13-22(21)34-2)25-28-19(15-35-25)11-12-27-23(31)14-30-24(32)10-8-20(29-30)16-3-6-18(26)7-4-16/h3-10,13,15H,11-12,14H2,1-2H3,(H,27,31). The van der Waals surface area contributed by atoms with Crippen molar-refractivity contribution in [2.24, 2.45) is 0 Å².